The van der Waals surface area contributed by atoms with Crippen LogP contribution in [0.25, 0.3) is 0 Å². The van der Waals surface area contributed by atoms with E-state index in [1.54, 1.807) is 0 Å². The van der Waals surface area contributed by atoms with Gasteiger partial charge in [-0.3, -0.25) is 0 Å². The Bertz CT molecular complexity index is 246. The Morgan fingerprint density at radius 1 is 1.31 bits per heavy atom. The summed E-state index contributed by atoms with van der Waals surface area (Å²) in [6, 6.07) is 0. The highest BCUT2D eigenvalue weighted by atomic mass is 16.5. The van der Waals surface area contributed by atoms with Crippen LogP contribution in [0, 0.1) is 11.3 Å². The van der Waals surface area contributed by atoms with E-state index >= 15 is 0 Å². The SMILES string of the molecule is COC1CCCCC12CC2CNC(C)(C)C. The van der Waals surface area contributed by atoms with Crippen molar-refractivity contribution in [1.29, 1.82) is 0 Å². The maximum Gasteiger partial charge on any atom is 0.0630 e. The van der Waals surface area contributed by atoms with Gasteiger partial charge in [-0.05, 0) is 52.5 Å². The summed E-state index contributed by atoms with van der Waals surface area (Å²) in [6.07, 6.45) is 7.36. The topological polar surface area (TPSA) is 21.3 Å². The van der Waals surface area contributed by atoms with Gasteiger partial charge in [0.25, 0.3) is 0 Å². The molecule has 16 heavy (non-hydrogen) atoms. The Labute approximate surface area is 100 Å². The quantitative estimate of drug-likeness (QED) is 0.797. The number of ether oxygens (including phenoxy) is 1. The second kappa shape index (κ2) is 4.30. The summed E-state index contributed by atoms with van der Waals surface area (Å²) in [4.78, 5) is 0. The van der Waals surface area contributed by atoms with Gasteiger partial charge in [0.15, 0.2) is 0 Å². The second-order valence-corrected chi connectivity index (χ2v) is 6.74. The first-order valence-electron chi connectivity index (χ1n) is 6.76. The third-order valence-corrected chi connectivity index (χ3v) is 4.44. The van der Waals surface area contributed by atoms with Crippen LogP contribution in [-0.4, -0.2) is 25.3 Å². The maximum atomic E-state index is 5.70. The zero-order chi connectivity index (χ0) is 11.8. The Morgan fingerprint density at radius 2 is 2.06 bits per heavy atom. The van der Waals surface area contributed by atoms with Crippen LogP contribution in [0.15, 0.2) is 0 Å². The minimum atomic E-state index is 0.251. The smallest absolute Gasteiger partial charge is 0.0630 e. The molecule has 3 unspecified atom stereocenters. The molecule has 2 rings (SSSR count). The van der Waals surface area contributed by atoms with Crippen LogP contribution in [0.2, 0.25) is 0 Å². The largest absolute Gasteiger partial charge is 0.381 e. The van der Waals surface area contributed by atoms with E-state index in [0.717, 1.165) is 5.92 Å². The molecule has 2 saturated carbocycles. The zero-order valence-corrected chi connectivity index (χ0v) is 11.3. The van der Waals surface area contributed by atoms with Gasteiger partial charge in [0, 0.05) is 18.1 Å². The van der Waals surface area contributed by atoms with Crippen LogP contribution in [0.3, 0.4) is 0 Å². The van der Waals surface area contributed by atoms with Crippen molar-refractivity contribution in [2.45, 2.75) is 64.5 Å². The molecule has 2 fully saturated rings. The standard InChI is InChI=1S/C14H27NO/c1-13(2,3)15-10-11-9-14(11)8-6-5-7-12(14)16-4/h11-12,15H,5-10H2,1-4H3. The molecule has 1 spiro atoms. The van der Waals surface area contributed by atoms with E-state index in [1.165, 1.54) is 38.6 Å². The van der Waals surface area contributed by atoms with Crippen LogP contribution < -0.4 is 5.32 Å². The molecular weight excluding hydrogens is 198 g/mol. The summed E-state index contributed by atoms with van der Waals surface area (Å²) in [5.41, 5.74) is 0.798. The number of hydrogen-bond donors (Lipinski definition) is 1. The zero-order valence-electron chi connectivity index (χ0n) is 11.3. The fourth-order valence-corrected chi connectivity index (χ4v) is 3.39. The monoisotopic (exact) mass is 225 g/mol. The fraction of sp³-hybridized carbons (Fsp3) is 1.00. The van der Waals surface area contributed by atoms with Gasteiger partial charge in [0.2, 0.25) is 0 Å². The highest BCUT2D eigenvalue weighted by Crippen LogP contribution is 2.61. The Hall–Kier alpha value is -0.0800. The molecule has 0 aromatic rings. The van der Waals surface area contributed by atoms with Gasteiger partial charge in [0.05, 0.1) is 6.10 Å². The van der Waals surface area contributed by atoms with Crippen LogP contribution in [0.5, 0.6) is 0 Å². The van der Waals surface area contributed by atoms with Gasteiger partial charge >= 0.3 is 0 Å². The van der Waals surface area contributed by atoms with Crippen LogP contribution >= 0.6 is 0 Å². The van der Waals surface area contributed by atoms with Gasteiger partial charge < -0.3 is 10.1 Å². The molecule has 94 valence electrons. The molecule has 2 nitrogen and oxygen atoms in total. The second-order valence-electron chi connectivity index (χ2n) is 6.74. The van der Waals surface area contributed by atoms with E-state index in [1.807, 2.05) is 7.11 Å². The van der Waals surface area contributed by atoms with Gasteiger partial charge in [-0.15, -0.1) is 0 Å². The molecule has 0 amide bonds. The first kappa shape index (κ1) is 12.4. The first-order valence-corrected chi connectivity index (χ1v) is 6.76. The molecular formula is C14H27NO. The van der Waals surface area contributed by atoms with Crippen molar-refractivity contribution in [3.05, 3.63) is 0 Å². The molecule has 2 heteroatoms. The normalized spacial score (nSPS) is 39.0. The van der Waals surface area contributed by atoms with Crippen molar-refractivity contribution in [2.75, 3.05) is 13.7 Å². The molecule has 0 heterocycles. The summed E-state index contributed by atoms with van der Waals surface area (Å²) < 4.78 is 5.70. The van der Waals surface area contributed by atoms with Gasteiger partial charge in [0.1, 0.15) is 0 Å². The van der Waals surface area contributed by atoms with Crippen molar-refractivity contribution in [3.8, 4) is 0 Å². The summed E-state index contributed by atoms with van der Waals surface area (Å²) in [5, 5.41) is 3.64. The van der Waals surface area contributed by atoms with Crippen LogP contribution in [-0.2, 0) is 4.74 Å². The van der Waals surface area contributed by atoms with E-state index in [0.29, 0.717) is 11.5 Å². The van der Waals surface area contributed by atoms with Crippen molar-refractivity contribution in [1.82, 2.24) is 5.32 Å². The van der Waals surface area contributed by atoms with Gasteiger partial charge in [-0.2, -0.15) is 0 Å². The average Bonchev–Trinajstić information content (AvgIpc) is 2.89. The molecule has 3 atom stereocenters. The average molecular weight is 225 g/mol. The van der Waals surface area contributed by atoms with Crippen molar-refractivity contribution in [2.24, 2.45) is 11.3 Å². The third kappa shape index (κ3) is 2.43. The van der Waals surface area contributed by atoms with Crippen molar-refractivity contribution in [3.63, 3.8) is 0 Å². The molecule has 2 aliphatic carbocycles. The highest BCUT2D eigenvalue weighted by molar-refractivity contribution is 5.09. The Morgan fingerprint density at radius 3 is 2.69 bits per heavy atom. The van der Waals surface area contributed by atoms with E-state index in [4.69, 9.17) is 4.74 Å². The summed E-state index contributed by atoms with van der Waals surface area (Å²) in [7, 11) is 1.89. The minimum Gasteiger partial charge on any atom is -0.381 e. The lowest BCUT2D eigenvalue weighted by molar-refractivity contribution is 0.00270. The number of rotatable bonds is 3. The van der Waals surface area contributed by atoms with E-state index < -0.39 is 0 Å². The van der Waals surface area contributed by atoms with E-state index in [2.05, 4.69) is 26.1 Å². The summed E-state index contributed by atoms with van der Waals surface area (Å²) in [5.74, 6) is 0.858. The molecule has 2 aliphatic rings. The van der Waals surface area contributed by atoms with Crippen LogP contribution in [0.4, 0.5) is 0 Å². The Balaban J connectivity index is 1.87. The van der Waals surface area contributed by atoms with Gasteiger partial charge in [-0.1, -0.05) is 12.8 Å². The third-order valence-electron chi connectivity index (χ3n) is 4.44. The summed E-state index contributed by atoms with van der Waals surface area (Å²) >= 11 is 0. The molecule has 0 aromatic heterocycles. The lowest BCUT2D eigenvalue weighted by Crippen LogP contribution is -2.39. The lowest BCUT2D eigenvalue weighted by Gasteiger charge is -2.32. The minimum absolute atomic E-state index is 0.251. The predicted octanol–water partition coefficient (Wildman–Crippen LogP) is 2.97. The molecule has 0 saturated heterocycles. The summed E-state index contributed by atoms with van der Waals surface area (Å²) in [6.45, 7) is 7.91. The van der Waals surface area contributed by atoms with Crippen molar-refractivity contribution < 1.29 is 4.74 Å². The molecule has 0 radical (unpaired) electrons. The maximum absolute atomic E-state index is 5.70. The van der Waals surface area contributed by atoms with Gasteiger partial charge in [-0.25, -0.2) is 0 Å². The predicted molar refractivity (Wildman–Crippen MR) is 67.6 cm³/mol. The molecule has 1 N–H and O–H groups in total. The van der Waals surface area contributed by atoms with E-state index in [9.17, 15) is 0 Å². The highest BCUT2D eigenvalue weighted by Gasteiger charge is 2.59. The van der Waals surface area contributed by atoms with Crippen LogP contribution in [0.1, 0.15) is 52.9 Å². The molecule has 0 aliphatic heterocycles. The Kier molecular flexibility index (Phi) is 3.33. The first-order chi connectivity index (χ1) is 7.48. The number of nitrogens with one attached hydrogen (secondary N) is 1. The fourth-order valence-electron chi connectivity index (χ4n) is 3.39. The lowest BCUT2D eigenvalue weighted by atomic mass is 9.81. The number of hydrogen-bond acceptors (Lipinski definition) is 2. The van der Waals surface area contributed by atoms with E-state index in [-0.39, 0.29) is 5.54 Å². The number of methoxy groups -OCH3 is 1. The van der Waals surface area contributed by atoms with Crippen molar-refractivity contribution >= 4 is 0 Å². The molecule has 0 bridgehead atoms. The molecule has 0 aromatic carbocycles.